The van der Waals surface area contributed by atoms with Gasteiger partial charge in [-0.25, -0.2) is 0 Å². The van der Waals surface area contributed by atoms with Crippen molar-refractivity contribution in [1.82, 2.24) is 0 Å². The predicted molar refractivity (Wildman–Crippen MR) is 59.7 cm³/mol. The van der Waals surface area contributed by atoms with E-state index in [4.69, 9.17) is 0 Å². The molecule has 0 saturated heterocycles. The predicted octanol–water partition coefficient (Wildman–Crippen LogP) is -1.39. The number of rotatable bonds is 6. The molecule has 0 bridgehead atoms. The Hall–Kier alpha value is -0.265. The minimum atomic E-state index is -0.961. The van der Waals surface area contributed by atoms with Crippen molar-refractivity contribution in [3.05, 3.63) is 0 Å². The van der Waals surface area contributed by atoms with Crippen LogP contribution in [-0.4, -0.2) is 17.9 Å². The molecule has 0 fully saturated rings. The first kappa shape index (κ1) is 27.1. The zero-order valence-corrected chi connectivity index (χ0v) is 13.8. The molecule has 19 heavy (non-hydrogen) atoms. The van der Waals surface area contributed by atoms with Gasteiger partial charge in [0.25, 0.3) is 0 Å². The molecule has 0 aromatic rings. The van der Waals surface area contributed by atoms with Gasteiger partial charge in [0.15, 0.2) is 0 Å². The number of carbonyl (C=O) groups excluding carboxylic acids is 3. The zero-order valence-electron chi connectivity index (χ0n) is 11.5. The summed E-state index contributed by atoms with van der Waals surface area (Å²) in [5, 5.41) is 28.5. The third-order valence-electron chi connectivity index (χ3n) is 1.36. The van der Waals surface area contributed by atoms with Crippen molar-refractivity contribution in [2.45, 2.75) is 59.3 Å². The van der Waals surface area contributed by atoms with Crippen LogP contribution in [-0.2, 0) is 14.4 Å². The normalized spacial score (nSPS) is 7.74. The topological polar surface area (TPSA) is 120 Å². The Morgan fingerprint density at radius 3 is 0.789 bits per heavy atom. The molecule has 0 atom stereocenters. The molecule has 0 aliphatic heterocycles. The summed E-state index contributed by atoms with van der Waals surface area (Å²) >= 11 is 0. The van der Waals surface area contributed by atoms with Crippen molar-refractivity contribution in [3.63, 3.8) is 0 Å². The van der Waals surface area contributed by atoms with Crippen LogP contribution in [0, 0.1) is 39.9 Å². The maximum Gasteiger partial charge on any atom is 3.00 e. The van der Waals surface area contributed by atoms with Gasteiger partial charge in [-0.15, -0.1) is 0 Å². The molecule has 0 aromatic heterocycles. The monoisotopic (exact) mass is 419 g/mol. The van der Waals surface area contributed by atoms with Crippen LogP contribution < -0.4 is 15.3 Å². The quantitative estimate of drug-likeness (QED) is 0.524. The van der Waals surface area contributed by atoms with Crippen LogP contribution in [0.25, 0.3) is 0 Å². The molecular formula is C12H21GdO6. The summed E-state index contributed by atoms with van der Waals surface area (Å²) in [6.45, 7) is 5.40. The first-order valence-corrected chi connectivity index (χ1v) is 5.91. The Labute approximate surface area is 146 Å². The average Bonchev–Trinajstić information content (AvgIpc) is 2.18. The number of hydrogen-bond donors (Lipinski definition) is 0. The fraction of sp³-hybridized carbons (Fsp3) is 0.750. The van der Waals surface area contributed by atoms with Gasteiger partial charge in [0, 0.05) is 17.9 Å². The molecular weight excluding hydrogens is 397 g/mol. The third-order valence-corrected chi connectivity index (χ3v) is 1.36. The second-order valence-corrected chi connectivity index (χ2v) is 3.37. The molecule has 0 heterocycles. The van der Waals surface area contributed by atoms with Crippen LogP contribution in [0.5, 0.6) is 0 Å². The van der Waals surface area contributed by atoms with Gasteiger partial charge in [-0.05, 0) is 19.3 Å². The van der Waals surface area contributed by atoms with E-state index in [1.165, 1.54) is 0 Å². The van der Waals surface area contributed by atoms with Crippen LogP contribution in [0.15, 0.2) is 0 Å². The molecule has 0 N–H and O–H groups in total. The first-order valence-electron chi connectivity index (χ1n) is 5.91. The molecule has 1 radical (unpaired) electrons. The van der Waals surface area contributed by atoms with Gasteiger partial charge in [0.2, 0.25) is 0 Å². The smallest absolute Gasteiger partial charge is 0.550 e. The third kappa shape index (κ3) is 57.5. The average molecular weight is 419 g/mol. The van der Waals surface area contributed by atoms with Crippen molar-refractivity contribution in [2.24, 2.45) is 0 Å². The van der Waals surface area contributed by atoms with Gasteiger partial charge in [0.05, 0.1) is 0 Å². The van der Waals surface area contributed by atoms with E-state index in [2.05, 4.69) is 0 Å². The number of carboxylic acid groups (broad SMARTS) is 3. The van der Waals surface area contributed by atoms with E-state index in [1.807, 2.05) is 0 Å². The van der Waals surface area contributed by atoms with Crippen molar-refractivity contribution in [3.8, 4) is 0 Å². The Morgan fingerprint density at radius 1 is 0.632 bits per heavy atom. The van der Waals surface area contributed by atoms with Crippen molar-refractivity contribution in [2.75, 3.05) is 0 Å². The van der Waals surface area contributed by atoms with E-state index in [-0.39, 0.29) is 59.2 Å². The van der Waals surface area contributed by atoms with Crippen molar-refractivity contribution in [1.29, 1.82) is 0 Å². The minimum absolute atomic E-state index is 0. The molecule has 0 aromatic carbocycles. The van der Waals surface area contributed by atoms with E-state index in [1.54, 1.807) is 20.8 Å². The Balaban J connectivity index is -0.0000000865. The summed E-state index contributed by atoms with van der Waals surface area (Å²) < 4.78 is 0. The SMILES string of the molecule is CCCC(=O)[O-].CCCC(=O)[O-].CCCC(=O)[O-].[Gd+3]. The maximum absolute atomic E-state index is 9.49. The van der Waals surface area contributed by atoms with Crippen molar-refractivity contribution < 1.29 is 69.6 Å². The van der Waals surface area contributed by atoms with Gasteiger partial charge >= 0.3 is 39.9 Å². The van der Waals surface area contributed by atoms with E-state index >= 15 is 0 Å². The molecule has 0 rings (SSSR count). The molecule has 6 nitrogen and oxygen atoms in total. The summed E-state index contributed by atoms with van der Waals surface area (Å²) in [5.74, 6) is -2.88. The molecule has 0 amide bonds. The molecule has 113 valence electrons. The van der Waals surface area contributed by atoms with Crippen LogP contribution in [0.4, 0.5) is 0 Å². The first-order chi connectivity index (χ1) is 8.31. The van der Waals surface area contributed by atoms with Crippen molar-refractivity contribution >= 4 is 17.9 Å². The minimum Gasteiger partial charge on any atom is -0.550 e. The van der Waals surface area contributed by atoms with Gasteiger partial charge in [-0.3, -0.25) is 0 Å². The van der Waals surface area contributed by atoms with E-state index in [0.717, 1.165) is 0 Å². The van der Waals surface area contributed by atoms with Crippen LogP contribution in [0.1, 0.15) is 59.3 Å². The molecule has 0 unspecified atom stereocenters. The summed E-state index contributed by atoms with van der Waals surface area (Å²) in [4.78, 5) is 28.5. The standard InChI is InChI=1S/3C4H8O2.Gd/c3*1-2-3-4(5)6;/h3*2-3H2,1H3,(H,5,6);/q;;;+3/p-3. The fourth-order valence-electron chi connectivity index (χ4n) is 0.612. The Morgan fingerprint density at radius 2 is 0.789 bits per heavy atom. The summed E-state index contributed by atoms with van der Waals surface area (Å²) in [5.41, 5.74) is 0. The second-order valence-electron chi connectivity index (χ2n) is 3.37. The number of carbonyl (C=O) groups is 3. The second kappa shape index (κ2) is 22.9. The van der Waals surface area contributed by atoms with Gasteiger partial charge < -0.3 is 29.7 Å². The van der Waals surface area contributed by atoms with Gasteiger partial charge in [-0.2, -0.15) is 0 Å². The molecule has 0 saturated carbocycles. The van der Waals surface area contributed by atoms with Crippen LogP contribution in [0.3, 0.4) is 0 Å². The van der Waals surface area contributed by atoms with Crippen LogP contribution >= 0.6 is 0 Å². The maximum atomic E-state index is 9.49. The Bertz CT molecular complexity index is 192. The van der Waals surface area contributed by atoms with E-state index in [9.17, 15) is 29.7 Å². The summed E-state index contributed by atoms with van der Waals surface area (Å²) in [6, 6.07) is 0. The van der Waals surface area contributed by atoms with E-state index in [0.29, 0.717) is 19.3 Å². The number of hydrogen-bond acceptors (Lipinski definition) is 6. The Kier molecular flexibility index (Phi) is 32.7. The van der Waals surface area contributed by atoms with Crippen LogP contribution in [0.2, 0.25) is 0 Å². The molecule has 0 aliphatic carbocycles. The fourth-order valence-corrected chi connectivity index (χ4v) is 0.612. The van der Waals surface area contributed by atoms with Gasteiger partial charge in [0.1, 0.15) is 0 Å². The molecule has 0 spiro atoms. The molecule has 7 heteroatoms. The number of carboxylic acids is 3. The summed E-state index contributed by atoms with van der Waals surface area (Å²) in [7, 11) is 0. The summed E-state index contributed by atoms with van der Waals surface area (Å²) in [6.07, 6.45) is 2.55. The van der Waals surface area contributed by atoms with E-state index < -0.39 is 17.9 Å². The zero-order chi connectivity index (χ0) is 15.0. The molecule has 0 aliphatic rings. The largest absolute Gasteiger partial charge is 3.00 e. The number of aliphatic carboxylic acids is 3. The van der Waals surface area contributed by atoms with Gasteiger partial charge in [-0.1, -0.05) is 40.0 Å².